The van der Waals surface area contributed by atoms with Crippen LogP contribution in [0.3, 0.4) is 0 Å². The average molecular weight is 252 g/mol. The van der Waals surface area contributed by atoms with E-state index in [0.717, 1.165) is 5.56 Å². The van der Waals surface area contributed by atoms with Gasteiger partial charge in [-0.05, 0) is 31.5 Å². The van der Waals surface area contributed by atoms with Gasteiger partial charge in [-0.3, -0.25) is 4.79 Å². The molecule has 1 aromatic carbocycles. The smallest absolute Gasteiger partial charge is 0.218 e. The minimum atomic E-state index is -0.328. The molecule has 0 bridgehead atoms. The van der Waals surface area contributed by atoms with Crippen molar-refractivity contribution in [3.05, 3.63) is 23.8 Å². The summed E-state index contributed by atoms with van der Waals surface area (Å²) >= 11 is 0. The molecule has 0 aliphatic carbocycles. The molecule has 0 saturated heterocycles. The zero-order valence-electron chi connectivity index (χ0n) is 10.9. The van der Waals surface area contributed by atoms with E-state index in [1.807, 2.05) is 19.9 Å². The van der Waals surface area contributed by atoms with E-state index in [0.29, 0.717) is 12.2 Å². The molecule has 5 heteroatoms. The molecular formula is C13H20N2O3. The number of benzene rings is 1. The van der Waals surface area contributed by atoms with E-state index in [-0.39, 0.29) is 23.7 Å². The Bertz CT molecular complexity index is 421. The first-order valence-corrected chi connectivity index (χ1v) is 5.85. The van der Waals surface area contributed by atoms with Crippen LogP contribution in [0.4, 0.5) is 0 Å². The lowest BCUT2D eigenvalue weighted by molar-refractivity contribution is -0.118. The Hall–Kier alpha value is -1.75. The van der Waals surface area contributed by atoms with Crippen LogP contribution >= 0.6 is 0 Å². The molecule has 1 amide bonds. The highest BCUT2D eigenvalue weighted by Gasteiger charge is 2.13. The van der Waals surface area contributed by atoms with Crippen molar-refractivity contribution < 1.29 is 14.6 Å². The summed E-state index contributed by atoms with van der Waals surface area (Å²) in [7, 11) is 1.51. The van der Waals surface area contributed by atoms with Gasteiger partial charge in [0.05, 0.1) is 7.11 Å². The Balaban J connectivity index is 2.71. The van der Waals surface area contributed by atoms with Gasteiger partial charge in [0, 0.05) is 18.5 Å². The molecule has 0 aromatic heterocycles. The van der Waals surface area contributed by atoms with Crippen molar-refractivity contribution in [2.24, 2.45) is 5.73 Å². The standard InChI is InChI=1S/C13H20N2O3/c1-8(6-13(14)17)15-9(2)10-4-5-11(16)12(7-10)18-3/h4-5,7-9,15-16H,6H2,1-3H3,(H2,14,17). The van der Waals surface area contributed by atoms with Crippen LogP contribution < -0.4 is 15.8 Å². The number of nitrogens with two attached hydrogens (primary N) is 1. The van der Waals surface area contributed by atoms with Crippen LogP contribution in [0, 0.1) is 0 Å². The van der Waals surface area contributed by atoms with Crippen LogP contribution in [-0.2, 0) is 4.79 Å². The summed E-state index contributed by atoms with van der Waals surface area (Å²) in [5.74, 6) is 0.216. The van der Waals surface area contributed by atoms with Gasteiger partial charge < -0.3 is 20.9 Å². The number of phenols is 1. The maximum atomic E-state index is 10.8. The molecule has 0 spiro atoms. The molecule has 0 aliphatic rings. The van der Waals surface area contributed by atoms with E-state index < -0.39 is 0 Å². The lowest BCUT2D eigenvalue weighted by Crippen LogP contribution is -2.32. The number of amides is 1. The highest BCUT2D eigenvalue weighted by Crippen LogP contribution is 2.28. The predicted molar refractivity (Wildman–Crippen MR) is 69.5 cm³/mol. The number of methoxy groups -OCH3 is 1. The highest BCUT2D eigenvalue weighted by molar-refractivity contribution is 5.74. The number of hydrogen-bond donors (Lipinski definition) is 3. The number of primary amides is 1. The maximum Gasteiger partial charge on any atom is 0.218 e. The Morgan fingerprint density at radius 2 is 2.17 bits per heavy atom. The van der Waals surface area contributed by atoms with Crippen molar-refractivity contribution >= 4 is 5.91 Å². The molecule has 0 saturated carbocycles. The van der Waals surface area contributed by atoms with Gasteiger partial charge in [0.1, 0.15) is 0 Å². The molecule has 0 radical (unpaired) electrons. The van der Waals surface area contributed by atoms with E-state index >= 15 is 0 Å². The van der Waals surface area contributed by atoms with Crippen molar-refractivity contribution in [1.29, 1.82) is 0 Å². The van der Waals surface area contributed by atoms with Crippen LogP contribution in [0.25, 0.3) is 0 Å². The minimum Gasteiger partial charge on any atom is -0.504 e. The van der Waals surface area contributed by atoms with Gasteiger partial charge in [-0.2, -0.15) is 0 Å². The zero-order valence-corrected chi connectivity index (χ0v) is 10.9. The first-order valence-electron chi connectivity index (χ1n) is 5.85. The molecule has 18 heavy (non-hydrogen) atoms. The largest absolute Gasteiger partial charge is 0.504 e. The van der Waals surface area contributed by atoms with E-state index in [1.54, 1.807) is 12.1 Å². The van der Waals surface area contributed by atoms with Crippen LogP contribution in [0.15, 0.2) is 18.2 Å². The van der Waals surface area contributed by atoms with Gasteiger partial charge in [-0.25, -0.2) is 0 Å². The van der Waals surface area contributed by atoms with Gasteiger partial charge in [-0.15, -0.1) is 0 Å². The third-order valence-corrected chi connectivity index (χ3v) is 2.75. The normalized spacial score (nSPS) is 13.9. The monoisotopic (exact) mass is 252 g/mol. The minimum absolute atomic E-state index is 0.00250. The molecule has 0 aliphatic heterocycles. The van der Waals surface area contributed by atoms with Crippen molar-refractivity contribution in [3.63, 3.8) is 0 Å². The molecule has 1 aromatic rings. The van der Waals surface area contributed by atoms with Gasteiger partial charge in [0.2, 0.25) is 5.91 Å². The summed E-state index contributed by atoms with van der Waals surface area (Å²) in [6.45, 7) is 3.88. The van der Waals surface area contributed by atoms with Crippen LogP contribution in [0.1, 0.15) is 31.9 Å². The van der Waals surface area contributed by atoms with E-state index in [1.165, 1.54) is 7.11 Å². The lowest BCUT2D eigenvalue weighted by Gasteiger charge is -2.20. The number of phenolic OH excluding ortho intramolecular Hbond substituents is 1. The lowest BCUT2D eigenvalue weighted by atomic mass is 10.1. The Morgan fingerprint density at radius 3 is 2.72 bits per heavy atom. The molecule has 4 N–H and O–H groups in total. The molecule has 2 atom stereocenters. The van der Waals surface area contributed by atoms with E-state index in [9.17, 15) is 9.90 Å². The van der Waals surface area contributed by atoms with Gasteiger partial charge in [-0.1, -0.05) is 6.07 Å². The number of carbonyl (C=O) groups excluding carboxylic acids is 1. The average Bonchev–Trinajstić information content (AvgIpc) is 2.28. The van der Waals surface area contributed by atoms with E-state index in [2.05, 4.69) is 5.32 Å². The molecule has 0 heterocycles. The number of rotatable bonds is 6. The number of ether oxygens (including phenoxy) is 1. The fourth-order valence-electron chi connectivity index (χ4n) is 1.85. The summed E-state index contributed by atoms with van der Waals surface area (Å²) in [4.78, 5) is 10.8. The number of hydrogen-bond acceptors (Lipinski definition) is 4. The summed E-state index contributed by atoms with van der Waals surface area (Å²) < 4.78 is 5.05. The van der Waals surface area contributed by atoms with Crippen LogP contribution in [0.5, 0.6) is 11.5 Å². The van der Waals surface area contributed by atoms with Crippen LogP contribution in [0.2, 0.25) is 0 Å². The Morgan fingerprint density at radius 1 is 1.50 bits per heavy atom. The number of aromatic hydroxyl groups is 1. The molecule has 5 nitrogen and oxygen atoms in total. The topological polar surface area (TPSA) is 84.6 Å². The molecular weight excluding hydrogens is 232 g/mol. The molecule has 100 valence electrons. The van der Waals surface area contributed by atoms with Gasteiger partial charge >= 0.3 is 0 Å². The van der Waals surface area contributed by atoms with Crippen molar-refractivity contribution in [3.8, 4) is 11.5 Å². The first-order chi connectivity index (χ1) is 8.43. The fourth-order valence-corrected chi connectivity index (χ4v) is 1.85. The first kappa shape index (κ1) is 14.3. The second-order valence-electron chi connectivity index (χ2n) is 4.39. The maximum absolute atomic E-state index is 10.8. The number of carbonyl (C=O) groups is 1. The zero-order chi connectivity index (χ0) is 13.7. The molecule has 1 rings (SSSR count). The quantitative estimate of drug-likeness (QED) is 0.712. The molecule has 2 unspecified atom stereocenters. The molecule has 0 fully saturated rings. The van der Waals surface area contributed by atoms with Crippen molar-refractivity contribution in [2.45, 2.75) is 32.4 Å². The number of nitrogens with one attached hydrogen (secondary N) is 1. The van der Waals surface area contributed by atoms with Crippen molar-refractivity contribution in [1.82, 2.24) is 5.32 Å². The summed E-state index contributed by atoms with van der Waals surface area (Å²) in [6, 6.07) is 5.20. The third kappa shape index (κ3) is 3.92. The second kappa shape index (κ2) is 6.26. The third-order valence-electron chi connectivity index (χ3n) is 2.75. The fraction of sp³-hybridized carbons (Fsp3) is 0.462. The van der Waals surface area contributed by atoms with E-state index in [4.69, 9.17) is 10.5 Å². The summed E-state index contributed by atoms with van der Waals surface area (Å²) in [6.07, 6.45) is 0.291. The SMILES string of the molecule is COc1cc(C(C)NC(C)CC(N)=O)ccc1O. The van der Waals surface area contributed by atoms with Gasteiger partial charge in [0.15, 0.2) is 11.5 Å². The van der Waals surface area contributed by atoms with Crippen LogP contribution in [-0.4, -0.2) is 24.2 Å². The second-order valence-corrected chi connectivity index (χ2v) is 4.39. The Labute approximate surface area is 107 Å². The highest BCUT2D eigenvalue weighted by atomic mass is 16.5. The predicted octanol–water partition coefficient (Wildman–Crippen LogP) is 1.32. The summed E-state index contributed by atoms with van der Waals surface area (Å²) in [5, 5.41) is 12.8. The van der Waals surface area contributed by atoms with Gasteiger partial charge in [0.25, 0.3) is 0 Å². The summed E-state index contributed by atoms with van der Waals surface area (Å²) in [5.41, 5.74) is 6.11. The van der Waals surface area contributed by atoms with Crippen molar-refractivity contribution in [2.75, 3.05) is 7.11 Å². The Kier molecular flexibility index (Phi) is 4.97.